The predicted molar refractivity (Wildman–Crippen MR) is 62.5 cm³/mol. The maximum atomic E-state index is 9.33. The lowest BCUT2D eigenvalue weighted by Crippen LogP contribution is -2.16. The summed E-state index contributed by atoms with van der Waals surface area (Å²) in [7, 11) is 3.90. The second kappa shape index (κ2) is 5.99. The zero-order valence-electron chi connectivity index (χ0n) is 9.55. The van der Waals surface area contributed by atoms with Crippen molar-refractivity contribution in [2.24, 2.45) is 0 Å². The van der Waals surface area contributed by atoms with Gasteiger partial charge in [0.2, 0.25) is 0 Å². The van der Waals surface area contributed by atoms with Crippen molar-refractivity contribution in [2.45, 2.75) is 12.5 Å². The van der Waals surface area contributed by atoms with Crippen LogP contribution in [0.5, 0.6) is 5.75 Å². The molecule has 4 heteroatoms. The molecule has 1 aromatic carbocycles. The summed E-state index contributed by atoms with van der Waals surface area (Å²) in [6.45, 7) is 0.143. The third kappa shape index (κ3) is 3.79. The van der Waals surface area contributed by atoms with Gasteiger partial charge in [0.1, 0.15) is 18.5 Å². The minimum Gasteiger partial charge on any atom is -0.491 e. The van der Waals surface area contributed by atoms with Crippen molar-refractivity contribution < 1.29 is 9.84 Å². The fraction of sp³-hybridized carbons (Fsp3) is 0.417. The molecule has 0 amide bonds. The Labute approximate surface area is 95.7 Å². The lowest BCUT2D eigenvalue weighted by molar-refractivity contribution is 0.111. The van der Waals surface area contributed by atoms with E-state index in [2.05, 4.69) is 0 Å². The lowest BCUT2D eigenvalue weighted by Gasteiger charge is -2.14. The van der Waals surface area contributed by atoms with Gasteiger partial charge in [-0.1, -0.05) is 6.07 Å². The molecule has 1 atom stereocenters. The molecule has 0 fully saturated rings. The van der Waals surface area contributed by atoms with E-state index in [9.17, 15) is 5.11 Å². The van der Waals surface area contributed by atoms with E-state index in [4.69, 9.17) is 10.00 Å². The van der Waals surface area contributed by atoms with E-state index in [-0.39, 0.29) is 13.0 Å². The number of rotatable bonds is 5. The summed E-state index contributed by atoms with van der Waals surface area (Å²) in [5, 5.41) is 17.7. The number of nitrogens with zero attached hydrogens (tertiary/aromatic N) is 2. The van der Waals surface area contributed by atoms with Crippen LogP contribution in [0.2, 0.25) is 0 Å². The fourth-order valence-corrected chi connectivity index (χ4v) is 1.21. The van der Waals surface area contributed by atoms with Crippen LogP contribution < -0.4 is 9.64 Å². The van der Waals surface area contributed by atoms with Gasteiger partial charge in [-0.2, -0.15) is 5.26 Å². The molecule has 0 aliphatic heterocycles. The highest BCUT2D eigenvalue weighted by Crippen LogP contribution is 2.19. The molecule has 0 heterocycles. The van der Waals surface area contributed by atoms with E-state index >= 15 is 0 Å². The zero-order valence-corrected chi connectivity index (χ0v) is 9.55. The maximum Gasteiger partial charge on any atom is 0.121 e. The molecule has 0 bridgehead atoms. The number of hydrogen-bond acceptors (Lipinski definition) is 4. The first-order valence-corrected chi connectivity index (χ1v) is 5.08. The van der Waals surface area contributed by atoms with Crippen LogP contribution in [-0.2, 0) is 0 Å². The minimum atomic E-state index is -0.729. The third-order valence-corrected chi connectivity index (χ3v) is 2.10. The SMILES string of the molecule is CN(C)c1cccc(OCC(O)CC#N)c1. The van der Waals surface area contributed by atoms with Crippen LogP contribution in [0.3, 0.4) is 0 Å². The summed E-state index contributed by atoms with van der Waals surface area (Å²) in [5.74, 6) is 0.697. The van der Waals surface area contributed by atoms with Crippen molar-refractivity contribution in [3.8, 4) is 11.8 Å². The monoisotopic (exact) mass is 220 g/mol. The van der Waals surface area contributed by atoms with E-state index in [1.54, 1.807) is 0 Å². The first kappa shape index (κ1) is 12.3. The van der Waals surface area contributed by atoms with Gasteiger partial charge in [0.05, 0.1) is 12.5 Å². The summed E-state index contributed by atoms with van der Waals surface area (Å²) in [6, 6.07) is 9.47. The van der Waals surface area contributed by atoms with Crippen molar-refractivity contribution >= 4 is 5.69 Å². The first-order valence-electron chi connectivity index (χ1n) is 5.08. The predicted octanol–water partition coefficient (Wildman–Crippen LogP) is 1.41. The van der Waals surface area contributed by atoms with Crippen molar-refractivity contribution in [2.75, 3.05) is 25.6 Å². The van der Waals surface area contributed by atoms with Gasteiger partial charge in [0.15, 0.2) is 0 Å². The standard InChI is InChI=1S/C12H16N2O2/c1-14(2)10-4-3-5-12(8-10)16-9-11(15)6-7-13/h3-5,8,11,15H,6,9H2,1-2H3. The number of nitriles is 1. The van der Waals surface area contributed by atoms with Crippen LogP contribution in [0.4, 0.5) is 5.69 Å². The number of aliphatic hydroxyl groups excluding tert-OH is 1. The third-order valence-electron chi connectivity index (χ3n) is 2.10. The fourth-order valence-electron chi connectivity index (χ4n) is 1.21. The number of hydrogen-bond donors (Lipinski definition) is 1. The Morgan fingerprint density at radius 2 is 2.25 bits per heavy atom. The molecule has 16 heavy (non-hydrogen) atoms. The smallest absolute Gasteiger partial charge is 0.121 e. The molecule has 0 saturated carbocycles. The highest BCUT2D eigenvalue weighted by molar-refractivity contribution is 5.49. The van der Waals surface area contributed by atoms with E-state index in [1.807, 2.05) is 49.3 Å². The van der Waals surface area contributed by atoms with Gasteiger partial charge < -0.3 is 14.7 Å². The molecule has 0 aliphatic carbocycles. The molecule has 0 saturated heterocycles. The number of aliphatic hydroxyl groups is 1. The Balaban J connectivity index is 2.54. The Bertz CT molecular complexity index is 372. The number of anilines is 1. The average molecular weight is 220 g/mol. The number of ether oxygens (including phenoxy) is 1. The molecule has 1 rings (SSSR count). The summed E-state index contributed by atoms with van der Waals surface area (Å²) in [6.07, 6.45) is -0.638. The average Bonchev–Trinajstić information content (AvgIpc) is 2.27. The molecular weight excluding hydrogens is 204 g/mol. The normalized spacial score (nSPS) is 11.6. The number of benzene rings is 1. The summed E-state index contributed by atoms with van der Waals surface area (Å²) in [5.41, 5.74) is 1.03. The van der Waals surface area contributed by atoms with Crippen LogP contribution >= 0.6 is 0 Å². The topological polar surface area (TPSA) is 56.5 Å². The van der Waals surface area contributed by atoms with E-state index in [0.29, 0.717) is 5.75 Å². The van der Waals surface area contributed by atoms with Crippen molar-refractivity contribution in [1.82, 2.24) is 0 Å². The Kier molecular flexibility index (Phi) is 4.62. The highest BCUT2D eigenvalue weighted by Gasteiger charge is 2.04. The molecule has 1 N–H and O–H groups in total. The Hall–Kier alpha value is -1.73. The molecule has 0 radical (unpaired) electrons. The molecule has 0 aliphatic rings. The van der Waals surface area contributed by atoms with Gasteiger partial charge in [0, 0.05) is 25.8 Å². The van der Waals surface area contributed by atoms with E-state index in [1.165, 1.54) is 0 Å². The Morgan fingerprint density at radius 1 is 1.50 bits per heavy atom. The summed E-state index contributed by atoms with van der Waals surface area (Å²) >= 11 is 0. The van der Waals surface area contributed by atoms with Gasteiger partial charge in [-0.25, -0.2) is 0 Å². The molecule has 1 unspecified atom stereocenters. The van der Waals surface area contributed by atoms with Crippen molar-refractivity contribution in [3.63, 3.8) is 0 Å². The van der Waals surface area contributed by atoms with Crippen LogP contribution in [-0.4, -0.2) is 31.9 Å². The van der Waals surface area contributed by atoms with Gasteiger partial charge >= 0.3 is 0 Å². The van der Waals surface area contributed by atoms with E-state index < -0.39 is 6.10 Å². The minimum absolute atomic E-state index is 0.0906. The quantitative estimate of drug-likeness (QED) is 0.815. The maximum absolute atomic E-state index is 9.33. The molecule has 86 valence electrons. The second-order valence-corrected chi connectivity index (χ2v) is 3.72. The summed E-state index contributed by atoms with van der Waals surface area (Å²) in [4.78, 5) is 1.97. The zero-order chi connectivity index (χ0) is 12.0. The second-order valence-electron chi connectivity index (χ2n) is 3.72. The van der Waals surface area contributed by atoms with Crippen molar-refractivity contribution in [1.29, 1.82) is 5.26 Å². The highest BCUT2D eigenvalue weighted by atomic mass is 16.5. The van der Waals surface area contributed by atoms with Gasteiger partial charge in [-0.15, -0.1) is 0 Å². The van der Waals surface area contributed by atoms with Crippen LogP contribution in [0, 0.1) is 11.3 Å². The van der Waals surface area contributed by atoms with Gasteiger partial charge in [-0.05, 0) is 12.1 Å². The first-order chi connectivity index (χ1) is 7.63. The summed E-state index contributed by atoms with van der Waals surface area (Å²) < 4.78 is 5.38. The molecular formula is C12H16N2O2. The Morgan fingerprint density at radius 3 is 2.88 bits per heavy atom. The van der Waals surface area contributed by atoms with Crippen molar-refractivity contribution in [3.05, 3.63) is 24.3 Å². The molecule has 0 aromatic heterocycles. The van der Waals surface area contributed by atoms with Crippen LogP contribution in [0.25, 0.3) is 0 Å². The molecule has 4 nitrogen and oxygen atoms in total. The van der Waals surface area contributed by atoms with E-state index in [0.717, 1.165) is 5.69 Å². The van der Waals surface area contributed by atoms with Crippen LogP contribution in [0.15, 0.2) is 24.3 Å². The largest absolute Gasteiger partial charge is 0.491 e. The van der Waals surface area contributed by atoms with Gasteiger partial charge in [0.25, 0.3) is 0 Å². The van der Waals surface area contributed by atoms with Crippen LogP contribution in [0.1, 0.15) is 6.42 Å². The lowest BCUT2D eigenvalue weighted by atomic mass is 10.2. The van der Waals surface area contributed by atoms with Gasteiger partial charge in [-0.3, -0.25) is 0 Å². The molecule has 1 aromatic rings. The molecule has 0 spiro atoms.